The number of carbonyl (C=O) groups excluding carboxylic acids is 1. The molecular weight excluding hydrogens is 311 g/mol. The van der Waals surface area contributed by atoms with Crippen molar-refractivity contribution >= 4 is 36.4 Å². The van der Waals surface area contributed by atoms with Gasteiger partial charge in [-0.15, -0.1) is 24.8 Å². The second-order valence-corrected chi connectivity index (χ2v) is 5.11. The Hall–Kier alpha value is -1.30. The van der Waals surface area contributed by atoms with Crippen molar-refractivity contribution in [3.8, 4) is 0 Å². The first-order valence-electron chi connectivity index (χ1n) is 6.66. The molecule has 7 heteroatoms. The SMILES string of the molecule is Cl.Cl.NCC1CCN(C(=O)Cc2cn3ccccc3n2)C1. The summed E-state index contributed by atoms with van der Waals surface area (Å²) < 4.78 is 1.94. The minimum Gasteiger partial charge on any atom is -0.342 e. The van der Waals surface area contributed by atoms with Gasteiger partial charge in [-0.25, -0.2) is 4.98 Å². The summed E-state index contributed by atoms with van der Waals surface area (Å²) in [7, 11) is 0. The van der Waals surface area contributed by atoms with Crippen LogP contribution in [0.3, 0.4) is 0 Å². The van der Waals surface area contributed by atoms with E-state index in [1.807, 2.05) is 39.9 Å². The summed E-state index contributed by atoms with van der Waals surface area (Å²) in [6, 6.07) is 5.83. The summed E-state index contributed by atoms with van der Waals surface area (Å²) in [5, 5.41) is 0. The monoisotopic (exact) mass is 330 g/mol. The maximum absolute atomic E-state index is 12.2. The fourth-order valence-corrected chi connectivity index (χ4v) is 2.59. The van der Waals surface area contributed by atoms with Crippen molar-refractivity contribution in [2.75, 3.05) is 19.6 Å². The lowest BCUT2D eigenvalue weighted by atomic mass is 10.1. The van der Waals surface area contributed by atoms with Gasteiger partial charge in [-0.2, -0.15) is 0 Å². The van der Waals surface area contributed by atoms with E-state index in [0.717, 1.165) is 30.9 Å². The number of hydrogen-bond acceptors (Lipinski definition) is 3. The first-order valence-corrected chi connectivity index (χ1v) is 6.66. The highest BCUT2D eigenvalue weighted by atomic mass is 35.5. The molecule has 1 amide bonds. The number of fused-ring (bicyclic) bond motifs is 1. The average Bonchev–Trinajstić information content (AvgIpc) is 3.04. The van der Waals surface area contributed by atoms with Gasteiger partial charge in [0.15, 0.2) is 0 Å². The molecule has 0 aliphatic carbocycles. The highest BCUT2D eigenvalue weighted by molar-refractivity contribution is 5.85. The van der Waals surface area contributed by atoms with Gasteiger partial charge >= 0.3 is 0 Å². The second-order valence-electron chi connectivity index (χ2n) is 5.11. The van der Waals surface area contributed by atoms with Gasteiger partial charge < -0.3 is 15.0 Å². The van der Waals surface area contributed by atoms with Crippen LogP contribution >= 0.6 is 24.8 Å². The number of halogens is 2. The number of amides is 1. The van der Waals surface area contributed by atoms with Crippen LogP contribution in [0.25, 0.3) is 5.65 Å². The molecule has 5 nitrogen and oxygen atoms in total. The number of carbonyl (C=O) groups is 1. The molecular formula is C14H20Cl2N4O. The van der Waals surface area contributed by atoms with Crippen molar-refractivity contribution in [3.63, 3.8) is 0 Å². The zero-order valence-corrected chi connectivity index (χ0v) is 13.3. The lowest BCUT2D eigenvalue weighted by molar-refractivity contribution is -0.129. The first kappa shape index (κ1) is 17.8. The van der Waals surface area contributed by atoms with Gasteiger partial charge in [-0.1, -0.05) is 6.07 Å². The van der Waals surface area contributed by atoms with Crippen LogP contribution in [0.15, 0.2) is 30.6 Å². The van der Waals surface area contributed by atoms with Crippen LogP contribution < -0.4 is 5.73 Å². The number of nitrogens with zero attached hydrogens (tertiary/aromatic N) is 3. The van der Waals surface area contributed by atoms with Crippen LogP contribution in [0.1, 0.15) is 12.1 Å². The summed E-state index contributed by atoms with van der Waals surface area (Å²) in [4.78, 5) is 18.5. The quantitative estimate of drug-likeness (QED) is 0.928. The Kier molecular flexibility index (Phi) is 6.45. The summed E-state index contributed by atoms with van der Waals surface area (Å²) >= 11 is 0. The van der Waals surface area contributed by atoms with Gasteiger partial charge in [0.2, 0.25) is 5.91 Å². The molecule has 0 aromatic carbocycles. The second kappa shape index (κ2) is 7.64. The van der Waals surface area contributed by atoms with Crippen LogP contribution in [0.2, 0.25) is 0 Å². The Morgan fingerprint density at radius 1 is 1.38 bits per heavy atom. The Bertz CT molecular complexity index is 568. The number of imidazole rings is 1. The first-order chi connectivity index (χ1) is 9.26. The Labute approximate surface area is 136 Å². The highest BCUT2D eigenvalue weighted by Crippen LogP contribution is 2.16. The smallest absolute Gasteiger partial charge is 0.228 e. The zero-order chi connectivity index (χ0) is 13.2. The van der Waals surface area contributed by atoms with Gasteiger partial charge in [0.05, 0.1) is 12.1 Å². The molecule has 3 heterocycles. The maximum atomic E-state index is 12.2. The molecule has 1 atom stereocenters. The van der Waals surface area contributed by atoms with Gasteiger partial charge in [0, 0.05) is 25.5 Å². The van der Waals surface area contributed by atoms with Crippen LogP contribution in [-0.2, 0) is 11.2 Å². The van der Waals surface area contributed by atoms with Crippen molar-refractivity contribution in [3.05, 3.63) is 36.3 Å². The normalized spacial score (nSPS) is 17.4. The predicted molar refractivity (Wildman–Crippen MR) is 87.1 cm³/mol. The van der Waals surface area contributed by atoms with E-state index >= 15 is 0 Å². The molecule has 1 aliphatic heterocycles. The lowest BCUT2D eigenvalue weighted by Crippen LogP contribution is -2.31. The lowest BCUT2D eigenvalue weighted by Gasteiger charge is -2.15. The molecule has 116 valence electrons. The van der Waals surface area contributed by atoms with Crippen LogP contribution in [0.5, 0.6) is 0 Å². The molecule has 1 aliphatic rings. The molecule has 21 heavy (non-hydrogen) atoms. The van der Waals surface area contributed by atoms with Gasteiger partial charge in [-0.05, 0) is 31.0 Å². The van der Waals surface area contributed by atoms with Crippen molar-refractivity contribution in [2.24, 2.45) is 11.7 Å². The number of hydrogen-bond donors (Lipinski definition) is 1. The molecule has 0 saturated carbocycles. The fourth-order valence-electron chi connectivity index (χ4n) is 2.59. The summed E-state index contributed by atoms with van der Waals surface area (Å²) in [5.41, 5.74) is 7.35. The third kappa shape index (κ3) is 3.87. The maximum Gasteiger partial charge on any atom is 0.228 e. The van der Waals surface area contributed by atoms with E-state index in [9.17, 15) is 4.79 Å². The summed E-state index contributed by atoms with van der Waals surface area (Å²) in [6.45, 7) is 2.29. The Balaban J connectivity index is 0.00000110. The molecule has 3 rings (SSSR count). The molecule has 2 aromatic heterocycles. The fraction of sp³-hybridized carbons (Fsp3) is 0.429. The average molecular weight is 331 g/mol. The van der Waals surface area contributed by atoms with Crippen LogP contribution in [0.4, 0.5) is 0 Å². The van der Waals surface area contributed by atoms with Crippen LogP contribution in [-0.4, -0.2) is 39.8 Å². The van der Waals surface area contributed by atoms with E-state index in [0.29, 0.717) is 18.9 Å². The van der Waals surface area contributed by atoms with Crippen LogP contribution in [0, 0.1) is 5.92 Å². The number of pyridine rings is 1. The van der Waals surface area contributed by atoms with Gasteiger partial charge in [-0.3, -0.25) is 4.79 Å². The van der Waals surface area contributed by atoms with E-state index in [1.165, 1.54) is 0 Å². The summed E-state index contributed by atoms with van der Waals surface area (Å²) in [5.74, 6) is 0.615. The van der Waals surface area contributed by atoms with E-state index in [-0.39, 0.29) is 30.7 Å². The number of rotatable bonds is 3. The topological polar surface area (TPSA) is 63.6 Å². The standard InChI is InChI=1S/C14H18N4O.2ClH/c15-8-11-4-6-18(9-11)14(19)7-12-10-17-5-2-1-3-13(17)16-12;;/h1-3,5,10-11H,4,6-9,15H2;2*1H. The van der Waals surface area contributed by atoms with E-state index in [4.69, 9.17) is 5.73 Å². The molecule has 1 fully saturated rings. The third-order valence-corrected chi connectivity index (χ3v) is 3.72. The Morgan fingerprint density at radius 3 is 2.86 bits per heavy atom. The predicted octanol–water partition coefficient (Wildman–Crippen LogP) is 1.53. The number of nitrogens with two attached hydrogens (primary N) is 1. The number of aromatic nitrogens is 2. The van der Waals surface area contributed by atoms with Gasteiger partial charge in [0.25, 0.3) is 0 Å². The van der Waals surface area contributed by atoms with Gasteiger partial charge in [0.1, 0.15) is 5.65 Å². The van der Waals surface area contributed by atoms with Crippen molar-refractivity contribution in [1.29, 1.82) is 0 Å². The molecule has 0 spiro atoms. The molecule has 0 radical (unpaired) electrons. The third-order valence-electron chi connectivity index (χ3n) is 3.72. The Morgan fingerprint density at radius 2 is 2.19 bits per heavy atom. The van der Waals surface area contributed by atoms with Crippen molar-refractivity contribution in [1.82, 2.24) is 14.3 Å². The molecule has 0 bridgehead atoms. The number of likely N-dealkylation sites (tertiary alicyclic amines) is 1. The van der Waals surface area contributed by atoms with Crippen molar-refractivity contribution in [2.45, 2.75) is 12.8 Å². The minimum absolute atomic E-state index is 0. The van der Waals surface area contributed by atoms with E-state index in [1.54, 1.807) is 0 Å². The zero-order valence-electron chi connectivity index (χ0n) is 11.6. The molecule has 2 aromatic rings. The van der Waals surface area contributed by atoms with E-state index in [2.05, 4.69) is 4.98 Å². The molecule has 1 saturated heterocycles. The minimum atomic E-state index is 0. The van der Waals surface area contributed by atoms with Crippen molar-refractivity contribution < 1.29 is 4.79 Å². The largest absolute Gasteiger partial charge is 0.342 e. The summed E-state index contributed by atoms with van der Waals surface area (Å²) in [6.07, 6.45) is 5.26. The molecule has 1 unspecified atom stereocenters. The highest BCUT2D eigenvalue weighted by Gasteiger charge is 2.25. The molecule has 2 N–H and O–H groups in total. The van der Waals surface area contributed by atoms with E-state index < -0.39 is 0 Å².